The van der Waals surface area contributed by atoms with Crippen molar-refractivity contribution in [3.8, 4) is 0 Å². The lowest BCUT2D eigenvalue weighted by Gasteiger charge is -2.38. The summed E-state index contributed by atoms with van der Waals surface area (Å²) in [5, 5.41) is 6.40. The van der Waals surface area contributed by atoms with E-state index in [1.807, 2.05) is 57.8 Å². The summed E-state index contributed by atoms with van der Waals surface area (Å²) in [6.45, 7) is 8.72. The van der Waals surface area contributed by atoms with Gasteiger partial charge in [-0.05, 0) is 54.2 Å². The second-order valence-corrected chi connectivity index (χ2v) is 10.5. The van der Waals surface area contributed by atoms with E-state index in [9.17, 15) is 18.0 Å². The van der Waals surface area contributed by atoms with E-state index in [1.54, 1.807) is 0 Å². The van der Waals surface area contributed by atoms with Crippen LogP contribution in [0.15, 0.2) is 48.5 Å². The second-order valence-electron chi connectivity index (χ2n) is 10.5. The first-order valence-corrected chi connectivity index (χ1v) is 12.6. The first-order chi connectivity index (χ1) is 17.9. The number of carbonyl (C=O) groups is 1. The summed E-state index contributed by atoms with van der Waals surface area (Å²) in [5.41, 5.74) is 4.56. The Bertz CT molecular complexity index is 1390. The summed E-state index contributed by atoms with van der Waals surface area (Å²) >= 11 is 0. The third kappa shape index (κ3) is 4.49. The minimum absolute atomic E-state index is 0.0238. The number of aryl methyl sites for hydroxylation is 1. The molecule has 0 spiro atoms. The van der Waals surface area contributed by atoms with E-state index in [2.05, 4.69) is 21.7 Å². The molecule has 1 amide bonds. The smallest absolute Gasteiger partial charge is 0.366 e. The molecule has 2 aromatic carbocycles. The number of carbonyl (C=O) groups excluding carboxylic acids is 1. The van der Waals surface area contributed by atoms with Gasteiger partial charge >= 0.3 is 6.18 Å². The van der Waals surface area contributed by atoms with E-state index in [0.29, 0.717) is 24.5 Å². The molecule has 3 aromatic rings. The number of fused-ring (bicyclic) bond motifs is 2. The fraction of sp³-hybridized carbons (Fsp3) is 0.379. The van der Waals surface area contributed by atoms with Crippen LogP contribution < -0.4 is 15.5 Å². The fourth-order valence-electron chi connectivity index (χ4n) is 5.50. The summed E-state index contributed by atoms with van der Waals surface area (Å²) in [6, 6.07) is 12.9. The predicted molar refractivity (Wildman–Crippen MR) is 141 cm³/mol. The number of anilines is 3. The van der Waals surface area contributed by atoms with Gasteiger partial charge in [0.2, 0.25) is 5.91 Å². The molecule has 9 heteroatoms. The number of pyridine rings is 1. The largest absolute Gasteiger partial charge is 0.416 e. The summed E-state index contributed by atoms with van der Waals surface area (Å²) in [4.78, 5) is 19.2. The van der Waals surface area contributed by atoms with Crippen LogP contribution in [-0.2, 0) is 34.5 Å². The molecule has 1 aromatic heterocycles. The number of rotatable bonds is 5. The molecule has 3 heterocycles. The number of benzene rings is 2. The Morgan fingerprint density at radius 1 is 1.18 bits per heavy atom. The lowest BCUT2D eigenvalue weighted by atomic mass is 9.86. The number of likely N-dealkylation sites (N-methyl/N-ethyl adjacent to an activating group) is 1. The second kappa shape index (κ2) is 9.31. The van der Waals surface area contributed by atoms with E-state index in [-0.39, 0.29) is 17.9 Å². The van der Waals surface area contributed by atoms with E-state index >= 15 is 0 Å². The highest BCUT2D eigenvalue weighted by Crippen LogP contribution is 2.43. The Morgan fingerprint density at radius 3 is 2.55 bits per heavy atom. The molecule has 38 heavy (non-hydrogen) atoms. The molecule has 2 aliphatic rings. The summed E-state index contributed by atoms with van der Waals surface area (Å²) in [7, 11) is 1.93. The molecule has 2 aliphatic heterocycles. The van der Waals surface area contributed by atoms with Gasteiger partial charge in [-0.1, -0.05) is 44.2 Å². The van der Waals surface area contributed by atoms with Gasteiger partial charge in [0.05, 0.1) is 29.2 Å². The number of hydrogen-bond acceptors (Lipinski definition) is 5. The zero-order valence-corrected chi connectivity index (χ0v) is 22.0. The molecule has 0 saturated carbocycles. The van der Waals surface area contributed by atoms with Crippen molar-refractivity contribution >= 4 is 23.1 Å². The molecule has 0 bridgehead atoms. The first-order valence-electron chi connectivity index (χ1n) is 12.6. The van der Waals surface area contributed by atoms with Crippen LogP contribution in [0.3, 0.4) is 0 Å². The summed E-state index contributed by atoms with van der Waals surface area (Å²) in [6.07, 6.45) is -4.37. The number of ether oxygens (including phenoxy) is 1. The van der Waals surface area contributed by atoms with Gasteiger partial charge in [-0.15, -0.1) is 0 Å². The number of aromatic nitrogens is 1. The van der Waals surface area contributed by atoms with Crippen molar-refractivity contribution in [2.24, 2.45) is 5.92 Å². The van der Waals surface area contributed by atoms with E-state index < -0.39 is 17.3 Å². The van der Waals surface area contributed by atoms with Crippen molar-refractivity contribution in [3.63, 3.8) is 0 Å². The van der Waals surface area contributed by atoms with Crippen LogP contribution in [-0.4, -0.2) is 24.0 Å². The number of amides is 1. The molecule has 0 saturated heterocycles. The van der Waals surface area contributed by atoms with Crippen LogP contribution in [0, 0.1) is 12.8 Å². The quantitative estimate of drug-likeness (QED) is 0.414. The maximum absolute atomic E-state index is 13.0. The molecule has 0 fully saturated rings. The van der Waals surface area contributed by atoms with E-state index in [1.165, 1.54) is 12.1 Å². The zero-order chi connectivity index (χ0) is 27.4. The van der Waals surface area contributed by atoms with Gasteiger partial charge in [-0.2, -0.15) is 13.2 Å². The maximum atomic E-state index is 13.0. The Balaban J connectivity index is 1.34. The van der Waals surface area contributed by atoms with Crippen molar-refractivity contribution in [2.45, 2.75) is 58.7 Å². The molecule has 6 nitrogen and oxygen atoms in total. The Morgan fingerprint density at radius 2 is 1.89 bits per heavy atom. The molecule has 2 atom stereocenters. The third-order valence-electron chi connectivity index (χ3n) is 7.56. The number of nitrogens with zero attached hydrogens (tertiary/aromatic N) is 2. The van der Waals surface area contributed by atoms with E-state index in [4.69, 9.17) is 4.74 Å². The van der Waals surface area contributed by atoms with Crippen LogP contribution in [0.1, 0.15) is 54.3 Å². The van der Waals surface area contributed by atoms with Gasteiger partial charge in [-0.25, -0.2) is 4.98 Å². The Hall–Kier alpha value is -3.59. The van der Waals surface area contributed by atoms with Crippen molar-refractivity contribution < 1.29 is 22.7 Å². The average Bonchev–Trinajstić information content (AvgIpc) is 3.20. The lowest BCUT2D eigenvalue weighted by Crippen LogP contribution is -2.49. The normalized spacial score (nSPS) is 20.8. The molecule has 5 rings (SSSR count). The summed E-state index contributed by atoms with van der Waals surface area (Å²) in [5.74, 6) is 0.835. The van der Waals surface area contributed by atoms with Gasteiger partial charge in [0, 0.05) is 19.7 Å². The standard InChI is InChI=1S/C29H31F3N4O2/c1-16(2)26-27(37)35-25-17(3)34-24(13-23(25)36(26)5)33-14-18-6-11-22-19(12-18)15-38-28(22,4)20-7-9-21(10-8-20)29(30,31)32/h6-13,16,26H,14-15H2,1-5H3,(H,33,34)(H,35,37)/t26-,28+/m0/s1. The SMILES string of the molecule is Cc1nc(NCc2ccc3c(c2)CO[C@]3(C)c2ccc(C(F)(F)F)cc2)cc2c1NC(=O)[C@H](C(C)C)N2C. The van der Waals surface area contributed by atoms with Gasteiger partial charge < -0.3 is 20.3 Å². The number of hydrogen-bond donors (Lipinski definition) is 2. The number of alkyl halides is 3. The first kappa shape index (κ1) is 26.0. The molecule has 0 unspecified atom stereocenters. The Labute approximate surface area is 220 Å². The van der Waals surface area contributed by atoms with Crippen molar-refractivity contribution in [2.75, 3.05) is 22.6 Å². The fourth-order valence-corrected chi connectivity index (χ4v) is 5.50. The van der Waals surface area contributed by atoms with Crippen LogP contribution in [0.25, 0.3) is 0 Å². The highest BCUT2D eigenvalue weighted by molar-refractivity contribution is 6.04. The molecular weight excluding hydrogens is 493 g/mol. The monoisotopic (exact) mass is 524 g/mol. The van der Waals surface area contributed by atoms with Crippen LogP contribution in [0.4, 0.5) is 30.4 Å². The van der Waals surface area contributed by atoms with Crippen molar-refractivity contribution in [1.29, 1.82) is 0 Å². The minimum atomic E-state index is -4.37. The highest BCUT2D eigenvalue weighted by atomic mass is 19.4. The molecule has 200 valence electrons. The zero-order valence-electron chi connectivity index (χ0n) is 22.0. The average molecular weight is 525 g/mol. The van der Waals surface area contributed by atoms with Crippen molar-refractivity contribution in [3.05, 3.63) is 82.0 Å². The molecule has 0 aliphatic carbocycles. The molecule has 0 radical (unpaired) electrons. The topological polar surface area (TPSA) is 66.5 Å². The Kier molecular flexibility index (Phi) is 6.38. The van der Waals surface area contributed by atoms with Gasteiger partial charge in [0.15, 0.2) is 0 Å². The van der Waals surface area contributed by atoms with Gasteiger partial charge in [-0.3, -0.25) is 4.79 Å². The minimum Gasteiger partial charge on any atom is -0.366 e. The third-order valence-corrected chi connectivity index (χ3v) is 7.56. The van der Waals surface area contributed by atoms with Crippen molar-refractivity contribution in [1.82, 2.24) is 4.98 Å². The molecular formula is C29H31F3N4O2. The molecule has 2 N–H and O–H groups in total. The van der Waals surface area contributed by atoms with Crippen LogP contribution in [0.2, 0.25) is 0 Å². The van der Waals surface area contributed by atoms with Crippen LogP contribution in [0.5, 0.6) is 0 Å². The highest BCUT2D eigenvalue weighted by Gasteiger charge is 2.38. The number of halogens is 3. The van der Waals surface area contributed by atoms with Gasteiger partial charge in [0.25, 0.3) is 0 Å². The van der Waals surface area contributed by atoms with Gasteiger partial charge in [0.1, 0.15) is 17.5 Å². The predicted octanol–water partition coefficient (Wildman–Crippen LogP) is 6.23. The maximum Gasteiger partial charge on any atom is 0.416 e. The lowest BCUT2D eigenvalue weighted by molar-refractivity contribution is -0.137. The van der Waals surface area contributed by atoms with E-state index in [0.717, 1.165) is 45.9 Å². The number of nitrogens with one attached hydrogen (secondary N) is 2. The van der Waals surface area contributed by atoms with Crippen LogP contribution >= 0.6 is 0 Å². The summed E-state index contributed by atoms with van der Waals surface area (Å²) < 4.78 is 45.1.